The van der Waals surface area contributed by atoms with E-state index < -0.39 is 0 Å². The van der Waals surface area contributed by atoms with Crippen LogP contribution in [-0.4, -0.2) is 20.4 Å². The number of aliphatic hydroxyl groups is 3. The second kappa shape index (κ2) is 4.41. The van der Waals surface area contributed by atoms with Gasteiger partial charge in [-0.25, -0.2) is 0 Å². The topological polar surface area (TPSA) is 80.9 Å². The highest BCUT2D eigenvalue weighted by atomic mass is 16.3. The second-order valence-corrected chi connectivity index (χ2v) is 3.12. The number of hydrogen-bond acceptors (Lipinski definition) is 4. The summed E-state index contributed by atoms with van der Waals surface area (Å²) in [5.74, 6) is -0.0498. The molecule has 4 N–H and O–H groups in total. The van der Waals surface area contributed by atoms with Gasteiger partial charge < -0.3 is 20.4 Å². The minimum Gasteiger partial charge on any atom is -0.508 e. The Hall–Kier alpha value is -1.10. The average molecular weight is 198 g/mol. The molecule has 1 aromatic rings. The van der Waals surface area contributed by atoms with E-state index in [1.165, 1.54) is 6.07 Å². The maximum Gasteiger partial charge on any atom is 0.121 e. The van der Waals surface area contributed by atoms with Crippen molar-refractivity contribution in [2.75, 3.05) is 0 Å². The van der Waals surface area contributed by atoms with Gasteiger partial charge in [0.15, 0.2) is 0 Å². The number of rotatable bonds is 3. The first-order chi connectivity index (χ1) is 6.65. The molecule has 0 bridgehead atoms. The Morgan fingerprint density at radius 3 is 1.86 bits per heavy atom. The minimum absolute atomic E-state index is 0.0498. The Morgan fingerprint density at radius 1 is 0.929 bits per heavy atom. The molecule has 0 aliphatic rings. The summed E-state index contributed by atoms with van der Waals surface area (Å²) in [5.41, 5.74) is 1.95. The fourth-order valence-electron chi connectivity index (χ4n) is 1.54. The maximum atomic E-state index is 9.47. The molecule has 0 saturated heterocycles. The van der Waals surface area contributed by atoms with Crippen molar-refractivity contribution in [1.29, 1.82) is 0 Å². The molecule has 4 nitrogen and oxygen atoms in total. The van der Waals surface area contributed by atoms with Gasteiger partial charge in [0.2, 0.25) is 0 Å². The molecule has 0 atom stereocenters. The normalized spacial score (nSPS) is 10.6. The minimum atomic E-state index is -0.352. The summed E-state index contributed by atoms with van der Waals surface area (Å²) in [7, 11) is 0. The van der Waals surface area contributed by atoms with E-state index in [0.29, 0.717) is 16.7 Å². The summed E-state index contributed by atoms with van der Waals surface area (Å²) >= 11 is 0. The van der Waals surface area contributed by atoms with Crippen molar-refractivity contribution in [3.05, 3.63) is 28.3 Å². The molecule has 1 rings (SSSR count). The number of phenols is 1. The van der Waals surface area contributed by atoms with E-state index in [-0.39, 0.29) is 31.1 Å². The van der Waals surface area contributed by atoms with Crippen molar-refractivity contribution in [3.63, 3.8) is 0 Å². The molecule has 0 aliphatic heterocycles. The molecule has 1 aromatic carbocycles. The predicted octanol–water partition coefficient (Wildman–Crippen LogP) is 0.178. The van der Waals surface area contributed by atoms with Gasteiger partial charge in [-0.2, -0.15) is 0 Å². The summed E-state index contributed by atoms with van der Waals surface area (Å²) in [5, 5.41) is 36.6. The number of benzene rings is 1. The van der Waals surface area contributed by atoms with Gasteiger partial charge in [0.1, 0.15) is 5.75 Å². The molecular formula is C10H14O4. The number of hydrogen-bond donors (Lipinski definition) is 4. The molecule has 0 radical (unpaired) electrons. The highest BCUT2D eigenvalue weighted by molar-refractivity contribution is 5.47. The quantitative estimate of drug-likeness (QED) is 0.558. The molecule has 14 heavy (non-hydrogen) atoms. The first-order valence-corrected chi connectivity index (χ1v) is 4.31. The molecule has 0 aliphatic carbocycles. The highest BCUT2D eigenvalue weighted by Gasteiger charge is 2.13. The monoisotopic (exact) mass is 198 g/mol. The van der Waals surface area contributed by atoms with Crippen molar-refractivity contribution in [3.8, 4) is 5.75 Å². The highest BCUT2D eigenvalue weighted by Crippen LogP contribution is 2.28. The average Bonchev–Trinajstić information content (AvgIpc) is 2.16. The summed E-state index contributed by atoms with van der Waals surface area (Å²) in [4.78, 5) is 0. The van der Waals surface area contributed by atoms with E-state index in [1.807, 2.05) is 0 Å². The van der Waals surface area contributed by atoms with E-state index in [1.54, 1.807) is 6.92 Å². The van der Waals surface area contributed by atoms with Gasteiger partial charge >= 0.3 is 0 Å². The van der Waals surface area contributed by atoms with Gasteiger partial charge in [0, 0.05) is 5.56 Å². The molecule has 0 unspecified atom stereocenters. The Kier molecular flexibility index (Phi) is 3.46. The predicted molar refractivity (Wildman–Crippen MR) is 50.6 cm³/mol. The van der Waals surface area contributed by atoms with Gasteiger partial charge in [0.25, 0.3) is 0 Å². The van der Waals surface area contributed by atoms with Gasteiger partial charge in [-0.3, -0.25) is 0 Å². The van der Waals surface area contributed by atoms with Gasteiger partial charge in [-0.1, -0.05) is 0 Å². The molecule has 0 fully saturated rings. The third-order valence-electron chi connectivity index (χ3n) is 2.34. The Morgan fingerprint density at radius 2 is 1.43 bits per heavy atom. The van der Waals surface area contributed by atoms with Gasteiger partial charge in [-0.15, -0.1) is 0 Å². The smallest absolute Gasteiger partial charge is 0.121 e. The van der Waals surface area contributed by atoms with Crippen LogP contribution in [-0.2, 0) is 19.8 Å². The third-order valence-corrected chi connectivity index (χ3v) is 2.34. The standard InChI is InChI=1S/C10H14O4/c1-6-2-10(14)9(5-13)8(4-12)7(6)3-11/h2,11-14H,3-5H2,1H3. The molecular weight excluding hydrogens is 184 g/mol. The maximum absolute atomic E-state index is 9.47. The van der Waals surface area contributed by atoms with Crippen molar-refractivity contribution in [1.82, 2.24) is 0 Å². The summed E-state index contributed by atoms with van der Waals surface area (Å²) < 4.78 is 0. The fraction of sp³-hybridized carbons (Fsp3) is 0.400. The Bertz CT molecular complexity index is 305. The molecule has 4 heteroatoms. The van der Waals surface area contributed by atoms with Crippen LogP contribution in [0.1, 0.15) is 22.3 Å². The van der Waals surface area contributed by atoms with Gasteiger partial charge in [0.05, 0.1) is 19.8 Å². The van der Waals surface area contributed by atoms with E-state index in [2.05, 4.69) is 0 Å². The van der Waals surface area contributed by atoms with E-state index in [4.69, 9.17) is 15.3 Å². The van der Waals surface area contributed by atoms with Crippen LogP contribution in [0.3, 0.4) is 0 Å². The zero-order valence-electron chi connectivity index (χ0n) is 7.99. The molecule has 0 aromatic heterocycles. The van der Waals surface area contributed by atoms with Crippen molar-refractivity contribution in [2.24, 2.45) is 0 Å². The molecule has 0 amide bonds. The number of aryl methyl sites for hydroxylation is 1. The van der Waals surface area contributed by atoms with Crippen LogP contribution in [0.15, 0.2) is 6.07 Å². The van der Waals surface area contributed by atoms with Crippen LogP contribution in [0.2, 0.25) is 0 Å². The van der Waals surface area contributed by atoms with E-state index >= 15 is 0 Å². The van der Waals surface area contributed by atoms with Crippen LogP contribution in [0.5, 0.6) is 5.75 Å². The largest absolute Gasteiger partial charge is 0.508 e. The summed E-state index contributed by atoms with van der Waals surface area (Å²) in [6, 6.07) is 1.47. The third kappa shape index (κ3) is 1.72. The van der Waals surface area contributed by atoms with E-state index in [0.717, 1.165) is 0 Å². The Balaban J connectivity index is 3.43. The summed E-state index contributed by atoms with van der Waals surface area (Å²) in [6.45, 7) is 0.858. The second-order valence-electron chi connectivity index (χ2n) is 3.12. The lowest BCUT2D eigenvalue weighted by atomic mass is 9.97. The van der Waals surface area contributed by atoms with Crippen LogP contribution < -0.4 is 0 Å². The van der Waals surface area contributed by atoms with Crippen LogP contribution in [0, 0.1) is 6.92 Å². The number of aromatic hydroxyl groups is 1. The van der Waals surface area contributed by atoms with Crippen molar-refractivity contribution >= 4 is 0 Å². The first-order valence-electron chi connectivity index (χ1n) is 4.31. The molecule has 0 saturated carbocycles. The lowest BCUT2D eigenvalue weighted by molar-refractivity contribution is 0.243. The van der Waals surface area contributed by atoms with Crippen LogP contribution >= 0.6 is 0 Å². The molecule has 0 heterocycles. The zero-order chi connectivity index (χ0) is 10.7. The van der Waals surface area contributed by atoms with Crippen molar-refractivity contribution in [2.45, 2.75) is 26.7 Å². The lowest BCUT2D eigenvalue weighted by Gasteiger charge is -2.14. The fourth-order valence-corrected chi connectivity index (χ4v) is 1.54. The van der Waals surface area contributed by atoms with Gasteiger partial charge in [-0.05, 0) is 29.7 Å². The Labute approximate surface area is 82.1 Å². The number of aliphatic hydroxyl groups excluding tert-OH is 3. The SMILES string of the molecule is Cc1cc(O)c(CO)c(CO)c1CO. The van der Waals surface area contributed by atoms with Crippen molar-refractivity contribution < 1.29 is 20.4 Å². The lowest BCUT2D eigenvalue weighted by Crippen LogP contribution is -2.03. The van der Waals surface area contributed by atoms with E-state index in [9.17, 15) is 5.11 Å². The first kappa shape index (κ1) is 11.0. The van der Waals surface area contributed by atoms with Crippen LogP contribution in [0.25, 0.3) is 0 Å². The zero-order valence-corrected chi connectivity index (χ0v) is 7.99. The molecule has 78 valence electrons. The van der Waals surface area contributed by atoms with Crippen LogP contribution in [0.4, 0.5) is 0 Å². The summed E-state index contributed by atoms with van der Waals surface area (Å²) in [6.07, 6.45) is 0. The molecule has 0 spiro atoms.